The molecule has 1 aliphatic heterocycles. The maximum Gasteiger partial charge on any atom is 0.300 e. The minimum Gasteiger partial charge on any atom is -0.490 e. The van der Waals surface area contributed by atoms with Crippen LogP contribution in [0.3, 0.4) is 0 Å². The van der Waals surface area contributed by atoms with Gasteiger partial charge < -0.3 is 9.47 Å². The molecule has 1 atom stereocenters. The summed E-state index contributed by atoms with van der Waals surface area (Å²) in [6.07, 6.45) is 1.55. The second-order valence-electron chi connectivity index (χ2n) is 5.64. The SMILES string of the molecule is O=c1ccn2c(n1)O[C@H](COc1ccc(-c3ccccc3)cc1)C2. The van der Waals surface area contributed by atoms with Gasteiger partial charge in [0.25, 0.3) is 11.6 Å². The molecule has 0 amide bonds. The van der Waals surface area contributed by atoms with E-state index in [0.717, 1.165) is 11.3 Å². The van der Waals surface area contributed by atoms with Crippen molar-refractivity contribution in [2.24, 2.45) is 0 Å². The van der Waals surface area contributed by atoms with Gasteiger partial charge >= 0.3 is 0 Å². The Morgan fingerprint density at radius 1 is 1.04 bits per heavy atom. The van der Waals surface area contributed by atoms with E-state index in [1.807, 2.05) is 47.0 Å². The van der Waals surface area contributed by atoms with Crippen molar-refractivity contribution in [1.29, 1.82) is 0 Å². The molecule has 0 spiro atoms. The van der Waals surface area contributed by atoms with E-state index in [1.54, 1.807) is 6.20 Å². The molecule has 0 saturated heterocycles. The summed E-state index contributed by atoms with van der Waals surface area (Å²) in [4.78, 5) is 15.1. The second kappa shape index (κ2) is 6.20. The second-order valence-corrected chi connectivity index (χ2v) is 5.64. The van der Waals surface area contributed by atoms with Crippen LogP contribution in [-0.2, 0) is 6.54 Å². The zero-order valence-electron chi connectivity index (χ0n) is 13.0. The van der Waals surface area contributed by atoms with E-state index >= 15 is 0 Å². The molecule has 1 aliphatic rings. The first-order valence-electron chi connectivity index (χ1n) is 7.80. The summed E-state index contributed by atoms with van der Waals surface area (Å²) < 4.78 is 13.2. The summed E-state index contributed by atoms with van der Waals surface area (Å²) in [6.45, 7) is 1.03. The maximum absolute atomic E-state index is 11.2. The number of ether oxygens (including phenoxy) is 2. The van der Waals surface area contributed by atoms with Crippen molar-refractivity contribution < 1.29 is 9.47 Å². The van der Waals surface area contributed by atoms with Gasteiger partial charge in [-0.3, -0.25) is 9.36 Å². The molecule has 5 nitrogen and oxygen atoms in total. The van der Waals surface area contributed by atoms with Gasteiger partial charge in [-0.15, -0.1) is 0 Å². The minimum absolute atomic E-state index is 0.145. The standard InChI is InChI=1S/C19H16N2O3/c22-18-10-11-21-12-17(24-19(21)20-18)13-23-16-8-6-15(7-9-16)14-4-2-1-3-5-14/h1-11,17H,12-13H2/t17-/m0/s1. The van der Waals surface area contributed by atoms with E-state index in [4.69, 9.17) is 9.47 Å². The number of benzene rings is 2. The summed E-state index contributed by atoms with van der Waals surface area (Å²) in [5.41, 5.74) is 2.03. The van der Waals surface area contributed by atoms with Crippen molar-refractivity contribution in [3.05, 3.63) is 77.2 Å². The van der Waals surface area contributed by atoms with Gasteiger partial charge in [0.05, 0.1) is 6.54 Å². The molecule has 2 aromatic carbocycles. The molecule has 3 aromatic rings. The molecule has 0 saturated carbocycles. The average molecular weight is 320 g/mol. The van der Waals surface area contributed by atoms with Gasteiger partial charge in [-0.25, -0.2) is 0 Å². The highest BCUT2D eigenvalue weighted by atomic mass is 16.6. The molecular formula is C19H16N2O3. The number of nitrogens with zero attached hydrogens (tertiary/aromatic N) is 2. The lowest BCUT2D eigenvalue weighted by atomic mass is 10.1. The molecule has 0 fully saturated rings. The molecule has 0 unspecified atom stereocenters. The van der Waals surface area contributed by atoms with Crippen LogP contribution in [0.1, 0.15) is 0 Å². The number of rotatable bonds is 4. The van der Waals surface area contributed by atoms with Crippen LogP contribution >= 0.6 is 0 Å². The highest BCUT2D eigenvalue weighted by Gasteiger charge is 2.23. The number of aromatic nitrogens is 2. The fraction of sp³-hybridized carbons (Fsp3) is 0.158. The summed E-state index contributed by atoms with van der Waals surface area (Å²) in [5.74, 6) is 0.789. The van der Waals surface area contributed by atoms with E-state index in [-0.39, 0.29) is 11.7 Å². The topological polar surface area (TPSA) is 53.4 Å². The lowest BCUT2D eigenvalue weighted by Gasteiger charge is -2.11. The Kier molecular flexibility index (Phi) is 3.75. The molecule has 4 rings (SSSR count). The molecular weight excluding hydrogens is 304 g/mol. The van der Waals surface area contributed by atoms with E-state index in [9.17, 15) is 4.79 Å². The van der Waals surface area contributed by atoms with E-state index in [2.05, 4.69) is 17.1 Å². The van der Waals surface area contributed by atoms with Crippen molar-refractivity contribution in [3.8, 4) is 22.9 Å². The minimum atomic E-state index is -0.292. The number of fused-ring (bicyclic) bond motifs is 1. The van der Waals surface area contributed by atoms with Gasteiger partial charge in [-0.2, -0.15) is 4.98 Å². The van der Waals surface area contributed by atoms with Crippen LogP contribution in [0.15, 0.2) is 71.7 Å². The van der Waals surface area contributed by atoms with Gasteiger partial charge in [0.1, 0.15) is 12.4 Å². The predicted octanol–water partition coefficient (Wildman–Crippen LogP) is 2.75. The van der Waals surface area contributed by atoms with Crippen molar-refractivity contribution in [2.75, 3.05) is 6.61 Å². The van der Waals surface area contributed by atoms with E-state index in [0.29, 0.717) is 19.2 Å². The number of hydrogen-bond acceptors (Lipinski definition) is 4. The molecule has 0 aliphatic carbocycles. The van der Waals surface area contributed by atoms with E-state index < -0.39 is 0 Å². The van der Waals surface area contributed by atoms with E-state index in [1.165, 1.54) is 11.6 Å². The Hall–Kier alpha value is -3.08. The highest BCUT2D eigenvalue weighted by Crippen LogP contribution is 2.23. The van der Waals surface area contributed by atoms with Crippen LogP contribution in [-0.4, -0.2) is 22.3 Å². The lowest BCUT2D eigenvalue weighted by molar-refractivity contribution is 0.143. The Labute approximate surface area is 139 Å². The third-order valence-corrected chi connectivity index (χ3v) is 3.92. The third kappa shape index (κ3) is 3.01. The van der Waals surface area contributed by atoms with Crippen molar-refractivity contribution in [1.82, 2.24) is 9.55 Å². The molecule has 0 radical (unpaired) electrons. The predicted molar refractivity (Wildman–Crippen MR) is 90.3 cm³/mol. The summed E-state index contributed by atoms with van der Waals surface area (Å²) >= 11 is 0. The van der Waals surface area contributed by atoms with Crippen LogP contribution in [0.4, 0.5) is 0 Å². The Balaban J connectivity index is 1.38. The quantitative estimate of drug-likeness (QED) is 0.742. The first kappa shape index (κ1) is 14.5. The molecule has 0 bridgehead atoms. The number of hydrogen-bond donors (Lipinski definition) is 0. The Morgan fingerprint density at radius 2 is 1.79 bits per heavy atom. The summed E-state index contributed by atoms with van der Waals surface area (Å²) in [5, 5.41) is 0. The van der Waals surface area contributed by atoms with Crippen LogP contribution < -0.4 is 15.0 Å². The van der Waals surface area contributed by atoms with Gasteiger partial charge in [0.2, 0.25) is 0 Å². The lowest BCUT2D eigenvalue weighted by Crippen LogP contribution is -2.23. The Bertz CT molecular complexity index is 888. The van der Waals surface area contributed by atoms with Crippen LogP contribution in [0.2, 0.25) is 0 Å². The van der Waals surface area contributed by atoms with Crippen LogP contribution in [0, 0.1) is 0 Å². The van der Waals surface area contributed by atoms with Crippen molar-refractivity contribution >= 4 is 0 Å². The summed E-state index contributed by atoms with van der Waals surface area (Å²) in [6, 6.07) is 20.0. The summed E-state index contributed by atoms with van der Waals surface area (Å²) in [7, 11) is 0. The fourth-order valence-corrected chi connectivity index (χ4v) is 2.70. The molecule has 2 heterocycles. The monoisotopic (exact) mass is 320 g/mol. The largest absolute Gasteiger partial charge is 0.490 e. The zero-order valence-corrected chi connectivity index (χ0v) is 13.0. The van der Waals surface area contributed by atoms with Crippen molar-refractivity contribution in [3.63, 3.8) is 0 Å². The normalized spacial score (nSPS) is 15.6. The molecule has 5 heteroatoms. The third-order valence-electron chi connectivity index (χ3n) is 3.92. The molecule has 1 aromatic heterocycles. The van der Waals surface area contributed by atoms with Gasteiger partial charge in [0, 0.05) is 12.3 Å². The first-order valence-corrected chi connectivity index (χ1v) is 7.80. The van der Waals surface area contributed by atoms with Crippen LogP contribution in [0.25, 0.3) is 11.1 Å². The highest BCUT2D eigenvalue weighted by molar-refractivity contribution is 5.63. The van der Waals surface area contributed by atoms with Crippen LogP contribution in [0.5, 0.6) is 11.8 Å². The molecule has 120 valence electrons. The zero-order chi connectivity index (χ0) is 16.4. The maximum atomic E-state index is 11.2. The van der Waals surface area contributed by atoms with Crippen molar-refractivity contribution in [2.45, 2.75) is 12.6 Å². The molecule has 0 N–H and O–H groups in total. The van der Waals surface area contributed by atoms with Gasteiger partial charge in [0.15, 0.2) is 6.10 Å². The Morgan fingerprint density at radius 3 is 2.58 bits per heavy atom. The first-order chi connectivity index (χ1) is 11.8. The average Bonchev–Trinajstić information content (AvgIpc) is 3.03. The fourth-order valence-electron chi connectivity index (χ4n) is 2.70. The van der Waals surface area contributed by atoms with Gasteiger partial charge in [-0.1, -0.05) is 42.5 Å². The smallest absolute Gasteiger partial charge is 0.300 e. The molecule has 24 heavy (non-hydrogen) atoms. The van der Waals surface area contributed by atoms with Gasteiger partial charge in [-0.05, 0) is 23.3 Å².